The second-order valence-corrected chi connectivity index (χ2v) is 4.38. The summed E-state index contributed by atoms with van der Waals surface area (Å²) in [5.41, 5.74) is 5.67. The molecule has 0 amide bonds. The van der Waals surface area contributed by atoms with Gasteiger partial charge in [-0.05, 0) is 41.8 Å². The zero-order valence-electron chi connectivity index (χ0n) is 11.0. The van der Waals surface area contributed by atoms with E-state index >= 15 is 0 Å². The van der Waals surface area contributed by atoms with Crippen LogP contribution in [-0.2, 0) is 0 Å². The van der Waals surface area contributed by atoms with Crippen molar-refractivity contribution in [1.29, 1.82) is 0 Å². The molecule has 0 saturated carbocycles. The number of aryl methyl sites for hydroxylation is 1. The molecule has 2 rings (SSSR count). The molecule has 0 bridgehead atoms. The molecule has 2 aromatic carbocycles. The molecule has 0 fully saturated rings. The Bertz CT molecular complexity index is 555. The van der Waals surface area contributed by atoms with Gasteiger partial charge in [0.1, 0.15) is 11.6 Å². The molecule has 0 spiro atoms. The summed E-state index contributed by atoms with van der Waals surface area (Å²) >= 11 is 0. The van der Waals surface area contributed by atoms with Gasteiger partial charge in [0, 0.05) is 0 Å². The quantitative estimate of drug-likeness (QED) is 0.656. The number of rotatable bonds is 4. The Morgan fingerprint density at radius 1 is 1.11 bits per heavy atom. The number of benzene rings is 2. The summed E-state index contributed by atoms with van der Waals surface area (Å²) in [5.74, 6) is 6.16. The minimum atomic E-state index is -0.263. The van der Waals surface area contributed by atoms with Gasteiger partial charge in [-0.2, -0.15) is 0 Å². The third-order valence-electron chi connectivity index (χ3n) is 3.14. The summed E-state index contributed by atoms with van der Waals surface area (Å²) in [7, 11) is 1.63. The SMILES string of the molecule is COc1cc(C(NN)c2ccc(F)cc2)ccc1C. The van der Waals surface area contributed by atoms with E-state index in [0.29, 0.717) is 0 Å². The maximum atomic E-state index is 13.0. The van der Waals surface area contributed by atoms with E-state index in [1.165, 1.54) is 12.1 Å². The van der Waals surface area contributed by atoms with Gasteiger partial charge in [-0.1, -0.05) is 24.3 Å². The molecular formula is C15H17FN2O. The number of halogens is 1. The van der Waals surface area contributed by atoms with Crippen LogP contribution in [0, 0.1) is 12.7 Å². The molecule has 3 nitrogen and oxygen atoms in total. The highest BCUT2D eigenvalue weighted by molar-refractivity contribution is 5.41. The number of hydrazine groups is 1. The van der Waals surface area contributed by atoms with E-state index in [2.05, 4.69) is 5.43 Å². The van der Waals surface area contributed by atoms with Crippen LogP contribution in [0.15, 0.2) is 42.5 Å². The van der Waals surface area contributed by atoms with Crippen LogP contribution in [0.4, 0.5) is 4.39 Å². The Hall–Kier alpha value is -1.91. The number of methoxy groups -OCH3 is 1. The first-order valence-electron chi connectivity index (χ1n) is 6.02. The molecule has 100 valence electrons. The van der Waals surface area contributed by atoms with Gasteiger partial charge in [-0.25, -0.2) is 9.82 Å². The molecule has 0 saturated heterocycles. The first-order chi connectivity index (χ1) is 9.15. The summed E-state index contributed by atoms with van der Waals surface area (Å²) in [6.07, 6.45) is 0. The van der Waals surface area contributed by atoms with E-state index in [9.17, 15) is 4.39 Å². The van der Waals surface area contributed by atoms with Crippen LogP contribution in [0.5, 0.6) is 5.75 Å². The largest absolute Gasteiger partial charge is 0.496 e. The molecule has 0 radical (unpaired) electrons. The highest BCUT2D eigenvalue weighted by Crippen LogP contribution is 2.27. The second kappa shape index (κ2) is 5.82. The van der Waals surface area contributed by atoms with Crippen LogP contribution < -0.4 is 16.0 Å². The van der Waals surface area contributed by atoms with Gasteiger partial charge in [-0.15, -0.1) is 0 Å². The average Bonchev–Trinajstić information content (AvgIpc) is 2.43. The first-order valence-corrected chi connectivity index (χ1v) is 6.02. The molecule has 4 heteroatoms. The number of nitrogens with two attached hydrogens (primary N) is 1. The average molecular weight is 260 g/mol. The minimum absolute atomic E-state index is 0.199. The summed E-state index contributed by atoms with van der Waals surface area (Å²) in [5, 5.41) is 0. The van der Waals surface area contributed by atoms with Crippen molar-refractivity contribution in [3.05, 3.63) is 65.0 Å². The van der Waals surface area contributed by atoms with Crippen LogP contribution in [-0.4, -0.2) is 7.11 Å². The van der Waals surface area contributed by atoms with Crippen molar-refractivity contribution in [2.45, 2.75) is 13.0 Å². The Balaban J connectivity index is 2.39. The van der Waals surface area contributed by atoms with Crippen LogP contribution in [0.1, 0.15) is 22.7 Å². The normalized spacial score (nSPS) is 12.2. The predicted octanol–water partition coefficient (Wildman–Crippen LogP) is 2.70. The third kappa shape index (κ3) is 2.92. The Morgan fingerprint density at radius 3 is 2.32 bits per heavy atom. The lowest BCUT2D eigenvalue weighted by atomic mass is 9.98. The van der Waals surface area contributed by atoms with Gasteiger partial charge in [0.2, 0.25) is 0 Å². The first kappa shape index (κ1) is 13.5. The molecule has 0 aromatic heterocycles. The molecule has 1 atom stereocenters. The van der Waals surface area contributed by atoms with Crippen molar-refractivity contribution < 1.29 is 9.13 Å². The fourth-order valence-electron chi connectivity index (χ4n) is 2.06. The smallest absolute Gasteiger partial charge is 0.123 e. The van der Waals surface area contributed by atoms with Gasteiger partial charge >= 0.3 is 0 Å². The van der Waals surface area contributed by atoms with Crippen molar-refractivity contribution in [1.82, 2.24) is 5.43 Å². The summed E-state index contributed by atoms with van der Waals surface area (Å²) in [4.78, 5) is 0. The van der Waals surface area contributed by atoms with Crippen molar-refractivity contribution in [3.8, 4) is 5.75 Å². The monoisotopic (exact) mass is 260 g/mol. The lowest BCUT2D eigenvalue weighted by Gasteiger charge is -2.18. The molecule has 3 N–H and O–H groups in total. The zero-order valence-corrected chi connectivity index (χ0v) is 11.0. The summed E-state index contributed by atoms with van der Waals surface area (Å²) < 4.78 is 18.3. The standard InChI is InChI=1S/C15H17FN2O/c1-10-3-4-12(9-14(10)19-2)15(18-17)11-5-7-13(16)8-6-11/h3-9,15,18H,17H2,1-2H3. The number of hydrogen-bond donors (Lipinski definition) is 2. The van der Waals surface area contributed by atoms with E-state index in [-0.39, 0.29) is 11.9 Å². The van der Waals surface area contributed by atoms with Crippen molar-refractivity contribution in [2.75, 3.05) is 7.11 Å². The topological polar surface area (TPSA) is 47.3 Å². The third-order valence-corrected chi connectivity index (χ3v) is 3.14. The lowest BCUT2D eigenvalue weighted by molar-refractivity contribution is 0.410. The number of ether oxygens (including phenoxy) is 1. The van der Waals surface area contributed by atoms with Crippen LogP contribution in [0.3, 0.4) is 0 Å². The molecule has 19 heavy (non-hydrogen) atoms. The molecule has 1 unspecified atom stereocenters. The van der Waals surface area contributed by atoms with Crippen molar-refractivity contribution in [3.63, 3.8) is 0 Å². The molecule has 2 aromatic rings. The maximum absolute atomic E-state index is 13.0. The maximum Gasteiger partial charge on any atom is 0.123 e. The molecule has 0 aliphatic carbocycles. The number of nitrogens with one attached hydrogen (secondary N) is 1. The summed E-state index contributed by atoms with van der Waals surface area (Å²) in [6.45, 7) is 1.98. The van der Waals surface area contributed by atoms with Gasteiger partial charge in [0.05, 0.1) is 13.2 Å². The molecule has 0 aliphatic rings. The Kier molecular flexibility index (Phi) is 4.14. The van der Waals surface area contributed by atoms with E-state index in [4.69, 9.17) is 10.6 Å². The van der Waals surface area contributed by atoms with Crippen LogP contribution in [0.2, 0.25) is 0 Å². The van der Waals surface area contributed by atoms with E-state index < -0.39 is 0 Å². The number of hydrogen-bond acceptors (Lipinski definition) is 3. The molecule has 0 aliphatic heterocycles. The fraction of sp³-hybridized carbons (Fsp3) is 0.200. The van der Waals surface area contributed by atoms with Gasteiger partial charge in [0.15, 0.2) is 0 Å². The van der Waals surface area contributed by atoms with Gasteiger partial charge in [-0.3, -0.25) is 5.84 Å². The second-order valence-electron chi connectivity index (χ2n) is 4.38. The van der Waals surface area contributed by atoms with Gasteiger partial charge in [0.25, 0.3) is 0 Å². The van der Waals surface area contributed by atoms with E-state index in [1.807, 2.05) is 25.1 Å². The Morgan fingerprint density at radius 2 is 1.74 bits per heavy atom. The van der Waals surface area contributed by atoms with Crippen LogP contribution in [0.25, 0.3) is 0 Å². The molecule has 0 heterocycles. The van der Waals surface area contributed by atoms with Crippen molar-refractivity contribution >= 4 is 0 Å². The Labute approximate surface area is 112 Å². The highest BCUT2D eigenvalue weighted by Gasteiger charge is 2.14. The van der Waals surface area contributed by atoms with Crippen LogP contribution >= 0.6 is 0 Å². The van der Waals surface area contributed by atoms with Crippen molar-refractivity contribution in [2.24, 2.45) is 5.84 Å². The van der Waals surface area contributed by atoms with E-state index in [1.54, 1.807) is 19.2 Å². The minimum Gasteiger partial charge on any atom is -0.496 e. The van der Waals surface area contributed by atoms with E-state index in [0.717, 1.165) is 22.4 Å². The predicted molar refractivity (Wildman–Crippen MR) is 73.3 cm³/mol. The summed E-state index contributed by atoms with van der Waals surface area (Å²) in [6, 6.07) is 12.0. The highest BCUT2D eigenvalue weighted by atomic mass is 19.1. The van der Waals surface area contributed by atoms with Gasteiger partial charge < -0.3 is 4.74 Å². The fourth-order valence-corrected chi connectivity index (χ4v) is 2.06. The molecular weight excluding hydrogens is 243 g/mol. The lowest BCUT2D eigenvalue weighted by Crippen LogP contribution is -2.28. The zero-order chi connectivity index (χ0) is 13.8.